The number of nitrogens with two attached hydrogens (primary N) is 1. The van der Waals surface area contributed by atoms with Crippen LogP contribution in [0.3, 0.4) is 0 Å². The Kier molecular flexibility index (Phi) is 3.05. The number of aryl methyl sites for hydroxylation is 1. The molecule has 0 atom stereocenters. The maximum absolute atomic E-state index is 5.81. The maximum atomic E-state index is 5.81. The molecule has 0 saturated heterocycles. The molecule has 0 aliphatic carbocycles. The quantitative estimate of drug-likeness (QED) is 0.762. The Balaban J connectivity index is 1.87. The summed E-state index contributed by atoms with van der Waals surface area (Å²) < 4.78 is 4.89. The number of aromatic nitrogens is 2. The van der Waals surface area contributed by atoms with Crippen molar-refractivity contribution in [3.63, 3.8) is 0 Å². The van der Waals surface area contributed by atoms with Gasteiger partial charge in [0.2, 0.25) is 5.89 Å². The number of hydrogen-bond acceptors (Lipinski definition) is 5. The summed E-state index contributed by atoms with van der Waals surface area (Å²) in [6.45, 7) is 2.72. The summed E-state index contributed by atoms with van der Waals surface area (Å²) in [7, 11) is 0. The van der Waals surface area contributed by atoms with Gasteiger partial charge in [0.25, 0.3) is 0 Å². The summed E-state index contributed by atoms with van der Waals surface area (Å²) in [6, 6.07) is 5.91. The molecule has 0 aliphatic heterocycles. The van der Waals surface area contributed by atoms with Gasteiger partial charge < -0.3 is 15.6 Å². The molecule has 5 heteroatoms. The lowest BCUT2D eigenvalue weighted by Gasteiger charge is -2.07. The zero-order valence-electron chi connectivity index (χ0n) is 9.10. The number of nitrogen functional groups attached to an aromatic ring is 1. The number of nitrogens with zero attached hydrogens (tertiary/aromatic N) is 2. The molecule has 2 rings (SSSR count). The number of nitrogens with one attached hydrogen (secondary N) is 1. The van der Waals surface area contributed by atoms with E-state index in [0.29, 0.717) is 12.3 Å². The standard InChI is InChI=1S/C11H14N4O/c1-8-2-3-9(6-10(8)12)13-5-4-11-14-7-15-16-11/h2-3,6-7,13H,4-5,12H2,1H3. The Morgan fingerprint density at radius 3 is 3.00 bits per heavy atom. The molecular formula is C11H14N4O. The van der Waals surface area contributed by atoms with Gasteiger partial charge in [-0.05, 0) is 24.6 Å². The van der Waals surface area contributed by atoms with E-state index in [0.717, 1.165) is 23.5 Å². The number of rotatable bonds is 4. The van der Waals surface area contributed by atoms with Gasteiger partial charge in [-0.25, -0.2) is 0 Å². The minimum absolute atomic E-state index is 0.632. The van der Waals surface area contributed by atoms with Crippen molar-refractivity contribution in [3.05, 3.63) is 36.0 Å². The molecule has 16 heavy (non-hydrogen) atoms. The highest BCUT2D eigenvalue weighted by atomic mass is 16.5. The van der Waals surface area contributed by atoms with E-state index >= 15 is 0 Å². The molecule has 2 aromatic rings. The van der Waals surface area contributed by atoms with Crippen LogP contribution in [0.1, 0.15) is 11.5 Å². The monoisotopic (exact) mass is 218 g/mol. The first-order valence-corrected chi connectivity index (χ1v) is 5.11. The van der Waals surface area contributed by atoms with Crippen LogP contribution in [0.15, 0.2) is 29.0 Å². The lowest BCUT2D eigenvalue weighted by Crippen LogP contribution is -2.05. The SMILES string of the molecule is Cc1ccc(NCCc2ncno2)cc1N. The van der Waals surface area contributed by atoms with Crippen LogP contribution in [0.2, 0.25) is 0 Å². The van der Waals surface area contributed by atoms with Crippen molar-refractivity contribution in [1.82, 2.24) is 10.1 Å². The van der Waals surface area contributed by atoms with Crippen LogP contribution >= 0.6 is 0 Å². The molecule has 0 amide bonds. The van der Waals surface area contributed by atoms with Crippen LogP contribution in [-0.2, 0) is 6.42 Å². The molecule has 3 N–H and O–H groups in total. The van der Waals surface area contributed by atoms with Crippen LogP contribution in [0.5, 0.6) is 0 Å². The number of benzene rings is 1. The molecule has 1 aromatic heterocycles. The zero-order chi connectivity index (χ0) is 11.4. The molecule has 0 bridgehead atoms. The average molecular weight is 218 g/mol. The highest BCUT2D eigenvalue weighted by Gasteiger charge is 1.99. The molecule has 0 saturated carbocycles. The van der Waals surface area contributed by atoms with Crippen LogP contribution in [-0.4, -0.2) is 16.7 Å². The Hall–Kier alpha value is -2.04. The summed E-state index contributed by atoms with van der Waals surface area (Å²) in [5, 5.41) is 6.78. The minimum atomic E-state index is 0.632. The molecule has 0 fully saturated rings. The summed E-state index contributed by atoms with van der Waals surface area (Å²) in [4.78, 5) is 3.94. The lowest BCUT2D eigenvalue weighted by atomic mass is 10.2. The van der Waals surface area contributed by atoms with E-state index in [2.05, 4.69) is 15.5 Å². The third kappa shape index (κ3) is 2.50. The summed E-state index contributed by atoms with van der Waals surface area (Å²) >= 11 is 0. The second kappa shape index (κ2) is 4.65. The number of hydrogen-bond donors (Lipinski definition) is 2. The Labute approximate surface area is 93.7 Å². The first kappa shape index (κ1) is 10.5. The predicted molar refractivity (Wildman–Crippen MR) is 62.1 cm³/mol. The first-order chi connectivity index (χ1) is 7.75. The van der Waals surface area contributed by atoms with Gasteiger partial charge in [0.15, 0.2) is 6.33 Å². The molecule has 0 spiro atoms. The molecule has 0 aliphatic rings. The maximum Gasteiger partial charge on any atom is 0.228 e. The number of anilines is 2. The predicted octanol–water partition coefficient (Wildman–Crippen LogP) is 1.61. The van der Waals surface area contributed by atoms with Gasteiger partial charge in [-0.15, -0.1) is 0 Å². The topological polar surface area (TPSA) is 77.0 Å². The second-order valence-electron chi connectivity index (χ2n) is 3.58. The normalized spacial score (nSPS) is 10.3. The third-order valence-electron chi connectivity index (χ3n) is 2.35. The lowest BCUT2D eigenvalue weighted by molar-refractivity contribution is 0.380. The van der Waals surface area contributed by atoms with Crippen molar-refractivity contribution >= 4 is 11.4 Å². The smallest absolute Gasteiger partial charge is 0.228 e. The van der Waals surface area contributed by atoms with E-state index in [1.54, 1.807) is 0 Å². The van der Waals surface area contributed by atoms with Gasteiger partial charge in [-0.2, -0.15) is 4.98 Å². The highest BCUT2D eigenvalue weighted by Crippen LogP contribution is 2.16. The summed E-state index contributed by atoms with van der Waals surface area (Å²) in [5.41, 5.74) is 8.69. The van der Waals surface area contributed by atoms with E-state index in [1.807, 2.05) is 25.1 Å². The van der Waals surface area contributed by atoms with E-state index in [1.165, 1.54) is 6.33 Å². The van der Waals surface area contributed by atoms with Gasteiger partial charge in [0, 0.05) is 24.3 Å². The van der Waals surface area contributed by atoms with Crippen molar-refractivity contribution in [3.8, 4) is 0 Å². The first-order valence-electron chi connectivity index (χ1n) is 5.11. The fraction of sp³-hybridized carbons (Fsp3) is 0.273. The summed E-state index contributed by atoms with van der Waals surface area (Å²) in [6.07, 6.45) is 2.10. The molecule has 0 radical (unpaired) electrons. The molecule has 1 heterocycles. The van der Waals surface area contributed by atoms with Crippen LogP contribution in [0, 0.1) is 6.92 Å². The van der Waals surface area contributed by atoms with Crippen molar-refractivity contribution < 1.29 is 4.52 Å². The highest BCUT2D eigenvalue weighted by molar-refractivity contribution is 5.58. The fourth-order valence-corrected chi connectivity index (χ4v) is 1.37. The molecule has 5 nitrogen and oxygen atoms in total. The van der Waals surface area contributed by atoms with Gasteiger partial charge in [-0.3, -0.25) is 0 Å². The van der Waals surface area contributed by atoms with Crippen molar-refractivity contribution in [2.45, 2.75) is 13.3 Å². The van der Waals surface area contributed by atoms with E-state index < -0.39 is 0 Å². The van der Waals surface area contributed by atoms with Crippen LogP contribution < -0.4 is 11.1 Å². The Morgan fingerprint density at radius 2 is 2.31 bits per heavy atom. The Morgan fingerprint density at radius 1 is 1.44 bits per heavy atom. The van der Waals surface area contributed by atoms with E-state index in [9.17, 15) is 0 Å². The van der Waals surface area contributed by atoms with E-state index in [-0.39, 0.29) is 0 Å². The zero-order valence-corrected chi connectivity index (χ0v) is 9.10. The van der Waals surface area contributed by atoms with E-state index in [4.69, 9.17) is 10.3 Å². The van der Waals surface area contributed by atoms with Gasteiger partial charge in [0.05, 0.1) is 0 Å². The van der Waals surface area contributed by atoms with Gasteiger partial charge in [-0.1, -0.05) is 11.2 Å². The van der Waals surface area contributed by atoms with Crippen LogP contribution in [0.4, 0.5) is 11.4 Å². The molecule has 84 valence electrons. The second-order valence-corrected chi connectivity index (χ2v) is 3.58. The Bertz CT molecular complexity index is 453. The third-order valence-corrected chi connectivity index (χ3v) is 2.35. The molecule has 1 aromatic carbocycles. The summed E-state index contributed by atoms with van der Waals surface area (Å²) in [5.74, 6) is 0.632. The average Bonchev–Trinajstić information content (AvgIpc) is 2.76. The van der Waals surface area contributed by atoms with Crippen molar-refractivity contribution in [2.24, 2.45) is 0 Å². The largest absolute Gasteiger partial charge is 0.398 e. The van der Waals surface area contributed by atoms with Gasteiger partial charge in [0.1, 0.15) is 0 Å². The van der Waals surface area contributed by atoms with Gasteiger partial charge >= 0.3 is 0 Å². The molecule has 0 unspecified atom stereocenters. The minimum Gasteiger partial charge on any atom is -0.398 e. The van der Waals surface area contributed by atoms with Crippen LogP contribution in [0.25, 0.3) is 0 Å². The fourth-order valence-electron chi connectivity index (χ4n) is 1.37. The molecular weight excluding hydrogens is 204 g/mol. The van der Waals surface area contributed by atoms with Crippen molar-refractivity contribution in [2.75, 3.05) is 17.6 Å². The van der Waals surface area contributed by atoms with Crippen molar-refractivity contribution in [1.29, 1.82) is 0 Å².